The lowest BCUT2D eigenvalue weighted by molar-refractivity contribution is -0.679. The average molecular weight is 289 g/mol. The molecule has 0 spiro atoms. The van der Waals surface area contributed by atoms with Crippen LogP contribution in [0.1, 0.15) is 13.3 Å². The van der Waals surface area contributed by atoms with Crippen molar-refractivity contribution in [3.8, 4) is 0 Å². The van der Waals surface area contributed by atoms with Crippen LogP contribution in [0, 0.1) is 0 Å². The molecule has 12 heteroatoms. The van der Waals surface area contributed by atoms with Crippen LogP contribution in [0.4, 0.5) is 0 Å². The van der Waals surface area contributed by atoms with Crippen molar-refractivity contribution in [3.05, 3.63) is 0 Å². The SMILES string of the molecule is CCC(O)(O)N1C(O)(O)C(O)(O)OC(O)(O)C1(O)O. The highest BCUT2D eigenvalue weighted by molar-refractivity contribution is 4.94. The van der Waals surface area contributed by atoms with Gasteiger partial charge < -0.3 is 51.1 Å². The number of ether oxygens (including phenoxy) is 1. The van der Waals surface area contributed by atoms with E-state index < -0.39 is 41.0 Å². The summed E-state index contributed by atoms with van der Waals surface area (Å²) in [5.41, 5.74) is 0. The fourth-order valence-corrected chi connectivity index (χ4v) is 1.50. The molecule has 0 aromatic carbocycles. The Morgan fingerprint density at radius 2 is 1.16 bits per heavy atom. The highest BCUT2D eigenvalue weighted by Gasteiger charge is 2.78. The number of nitrogens with zero attached hydrogens (tertiary/aromatic N) is 1. The molecule has 0 saturated carbocycles. The van der Waals surface area contributed by atoms with Gasteiger partial charge in [0.15, 0.2) is 0 Å². The van der Waals surface area contributed by atoms with Crippen LogP contribution in [0.2, 0.25) is 0 Å². The first-order valence-corrected chi connectivity index (χ1v) is 4.88. The molecular formula is C7H15NO11. The van der Waals surface area contributed by atoms with Crippen molar-refractivity contribution in [1.82, 2.24) is 4.90 Å². The van der Waals surface area contributed by atoms with Crippen LogP contribution in [-0.4, -0.2) is 85.6 Å². The standard InChI is InChI=1S/C7H15NO11/c1-2-3(9,10)8-4(11,12)6(15,16)19-7(17,18)5(8,13)14/h9-18H,2H2,1H3. The van der Waals surface area contributed by atoms with Crippen LogP contribution in [0.15, 0.2) is 0 Å². The van der Waals surface area contributed by atoms with E-state index in [0.717, 1.165) is 6.92 Å². The van der Waals surface area contributed by atoms with Gasteiger partial charge in [0, 0.05) is 6.42 Å². The zero-order valence-corrected chi connectivity index (χ0v) is 9.53. The van der Waals surface area contributed by atoms with Gasteiger partial charge in [0.1, 0.15) is 0 Å². The summed E-state index contributed by atoms with van der Waals surface area (Å²) in [6.07, 6.45) is -0.842. The maximum absolute atomic E-state index is 9.43. The monoisotopic (exact) mass is 289 g/mol. The van der Waals surface area contributed by atoms with Gasteiger partial charge in [-0.05, 0) is 0 Å². The Hall–Kier alpha value is -0.480. The van der Waals surface area contributed by atoms with E-state index in [1.54, 1.807) is 0 Å². The van der Waals surface area contributed by atoms with Crippen molar-refractivity contribution in [2.75, 3.05) is 0 Å². The lowest BCUT2D eigenvalue weighted by Gasteiger charge is -2.57. The molecule has 114 valence electrons. The van der Waals surface area contributed by atoms with E-state index in [9.17, 15) is 30.6 Å². The van der Waals surface area contributed by atoms with Crippen molar-refractivity contribution in [2.45, 2.75) is 43.0 Å². The molecule has 1 saturated heterocycles. The van der Waals surface area contributed by atoms with E-state index in [-0.39, 0.29) is 0 Å². The summed E-state index contributed by atoms with van der Waals surface area (Å²) in [4.78, 5) is -0.976. The predicted molar refractivity (Wildman–Crippen MR) is 49.1 cm³/mol. The van der Waals surface area contributed by atoms with Crippen LogP contribution in [0.5, 0.6) is 0 Å². The normalized spacial score (nSPS) is 29.2. The quantitative estimate of drug-likeness (QED) is 0.215. The number of hydrogen-bond acceptors (Lipinski definition) is 12. The van der Waals surface area contributed by atoms with Crippen molar-refractivity contribution >= 4 is 0 Å². The van der Waals surface area contributed by atoms with Crippen LogP contribution in [0.25, 0.3) is 0 Å². The fraction of sp³-hybridized carbons (Fsp3) is 1.00. The summed E-state index contributed by atoms with van der Waals surface area (Å²) in [5.74, 6) is -20.4. The highest BCUT2D eigenvalue weighted by Crippen LogP contribution is 2.44. The van der Waals surface area contributed by atoms with Crippen molar-refractivity contribution < 1.29 is 55.8 Å². The summed E-state index contributed by atoms with van der Waals surface area (Å²) in [6.45, 7) is 1.01. The molecule has 0 bridgehead atoms. The topological polar surface area (TPSA) is 215 Å². The molecule has 1 aliphatic rings. The van der Waals surface area contributed by atoms with E-state index in [0.29, 0.717) is 0 Å². The molecule has 0 aromatic heterocycles. The van der Waals surface area contributed by atoms with Gasteiger partial charge in [-0.25, -0.2) is 0 Å². The molecule has 1 rings (SSSR count). The third kappa shape index (κ3) is 2.13. The van der Waals surface area contributed by atoms with Crippen LogP contribution in [0.3, 0.4) is 0 Å². The third-order valence-electron chi connectivity index (χ3n) is 2.61. The highest BCUT2D eigenvalue weighted by atomic mass is 16.9. The Kier molecular flexibility index (Phi) is 3.50. The summed E-state index contributed by atoms with van der Waals surface area (Å²) in [7, 11) is 0. The minimum Gasteiger partial charge on any atom is -0.353 e. The molecule has 10 N–H and O–H groups in total. The Bertz CT molecular complexity index is 336. The van der Waals surface area contributed by atoms with Gasteiger partial charge in [0.05, 0.1) is 0 Å². The van der Waals surface area contributed by atoms with Gasteiger partial charge in [-0.1, -0.05) is 6.92 Å². The van der Waals surface area contributed by atoms with Gasteiger partial charge in [-0.3, -0.25) is 4.74 Å². The Morgan fingerprint density at radius 3 is 1.42 bits per heavy atom. The summed E-state index contributed by atoms with van der Waals surface area (Å²) in [6, 6.07) is 0. The van der Waals surface area contributed by atoms with Gasteiger partial charge >= 0.3 is 23.8 Å². The summed E-state index contributed by atoms with van der Waals surface area (Å²) in [5, 5.41) is 92.9. The first-order valence-electron chi connectivity index (χ1n) is 4.88. The fourth-order valence-electron chi connectivity index (χ4n) is 1.50. The summed E-state index contributed by atoms with van der Waals surface area (Å²) >= 11 is 0. The predicted octanol–water partition coefficient (Wildman–Crippen LogP) is -6.08. The van der Waals surface area contributed by atoms with Crippen LogP contribution >= 0.6 is 0 Å². The first-order chi connectivity index (χ1) is 8.13. The molecule has 1 fully saturated rings. The molecule has 1 aliphatic heterocycles. The summed E-state index contributed by atoms with van der Waals surface area (Å²) < 4.78 is 3.52. The van der Waals surface area contributed by atoms with E-state index in [4.69, 9.17) is 20.4 Å². The van der Waals surface area contributed by atoms with E-state index >= 15 is 0 Å². The molecule has 0 aliphatic carbocycles. The zero-order chi connectivity index (χ0) is 15.5. The maximum Gasteiger partial charge on any atom is 0.356 e. The number of morpholine rings is 1. The molecular weight excluding hydrogens is 274 g/mol. The largest absolute Gasteiger partial charge is 0.356 e. The molecule has 0 atom stereocenters. The molecule has 1 heterocycles. The van der Waals surface area contributed by atoms with Gasteiger partial charge in [-0.15, -0.1) is 4.90 Å². The first kappa shape index (κ1) is 16.6. The molecule has 19 heavy (non-hydrogen) atoms. The Morgan fingerprint density at radius 1 is 0.842 bits per heavy atom. The number of hydrogen-bond donors (Lipinski definition) is 10. The second-order valence-electron chi connectivity index (χ2n) is 4.05. The van der Waals surface area contributed by atoms with Crippen LogP contribution in [-0.2, 0) is 4.74 Å². The molecule has 0 unspecified atom stereocenters. The van der Waals surface area contributed by atoms with E-state index in [2.05, 4.69) is 4.74 Å². The lowest BCUT2D eigenvalue weighted by Crippen LogP contribution is -2.87. The lowest BCUT2D eigenvalue weighted by atomic mass is 10.1. The molecule has 0 amide bonds. The second kappa shape index (κ2) is 4.01. The number of aliphatic hydroxyl groups is 10. The molecule has 0 aromatic rings. The van der Waals surface area contributed by atoms with Gasteiger partial charge in [0.2, 0.25) is 5.91 Å². The Labute approximate surface area is 105 Å². The van der Waals surface area contributed by atoms with Crippen molar-refractivity contribution in [1.29, 1.82) is 0 Å². The van der Waals surface area contributed by atoms with E-state index in [1.807, 2.05) is 0 Å². The zero-order valence-electron chi connectivity index (χ0n) is 9.53. The Balaban J connectivity index is 3.51. The minimum atomic E-state index is -4.23. The van der Waals surface area contributed by atoms with Crippen molar-refractivity contribution in [3.63, 3.8) is 0 Å². The smallest absolute Gasteiger partial charge is 0.353 e. The minimum absolute atomic E-state index is 0.842. The van der Waals surface area contributed by atoms with Gasteiger partial charge in [0.25, 0.3) is 0 Å². The molecule has 12 nitrogen and oxygen atoms in total. The number of rotatable bonds is 2. The van der Waals surface area contributed by atoms with Crippen molar-refractivity contribution in [2.24, 2.45) is 0 Å². The third-order valence-corrected chi connectivity index (χ3v) is 2.61. The second-order valence-corrected chi connectivity index (χ2v) is 4.05. The van der Waals surface area contributed by atoms with Gasteiger partial charge in [-0.2, -0.15) is 0 Å². The maximum atomic E-state index is 9.43. The van der Waals surface area contributed by atoms with Crippen LogP contribution < -0.4 is 0 Å². The average Bonchev–Trinajstić information content (AvgIpc) is 2.12. The molecule has 0 radical (unpaired) electrons. The van der Waals surface area contributed by atoms with E-state index in [1.165, 1.54) is 0 Å².